The highest BCUT2D eigenvalue weighted by Gasteiger charge is 2.25. The number of hydrogen-bond acceptors (Lipinski definition) is 4. The molecule has 1 aromatic heterocycles. The lowest BCUT2D eigenvalue weighted by Crippen LogP contribution is -2.50. The molecule has 2 aromatic rings. The molecule has 0 N–H and O–H groups in total. The summed E-state index contributed by atoms with van der Waals surface area (Å²) in [5, 5.41) is 0. The Balaban J connectivity index is 1.33. The first-order valence-corrected chi connectivity index (χ1v) is 9.63. The Hall–Kier alpha value is -2.18. The van der Waals surface area contributed by atoms with Crippen molar-refractivity contribution in [2.45, 2.75) is 12.8 Å². The van der Waals surface area contributed by atoms with Crippen LogP contribution in [0.15, 0.2) is 42.9 Å². The molecule has 2 aliphatic rings. The largest absolute Gasteiger partial charge is 0.335 e. The fourth-order valence-corrected chi connectivity index (χ4v) is 3.87. The van der Waals surface area contributed by atoms with Gasteiger partial charge in [0.15, 0.2) is 0 Å². The lowest BCUT2D eigenvalue weighted by Gasteiger charge is -2.35. The van der Waals surface area contributed by atoms with E-state index in [1.807, 2.05) is 39.8 Å². The first kappa shape index (κ1) is 17.2. The lowest BCUT2D eigenvalue weighted by molar-refractivity contribution is 0.0619. The van der Waals surface area contributed by atoms with E-state index in [0.717, 1.165) is 45.0 Å². The van der Waals surface area contributed by atoms with E-state index in [-0.39, 0.29) is 5.91 Å². The molecule has 2 saturated heterocycles. The first-order chi connectivity index (χ1) is 12.8. The molecule has 0 aliphatic carbocycles. The van der Waals surface area contributed by atoms with Gasteiger partial charge in [-0.1, -0.05) is 18.2 Å². The molecule has 1 aromatic carbocycles. The molecule has 0 unspecified atom stereocenters. The van der Waals surface area contributed by atoms with Crippen LogP contribution in [0.3, 0.4) is 0 Å². The van der Waals surface area contributed by atoms with Crippen molar-refractivity contribution in [3.63, 3.8) is 0 Å². The SMILES string of the molecule is O=C(c1cncn1-c1ccccc1)N1CCN(CCN2CCCC2)CC1. The molecule has 4 rings (SSSR count). The average Bonchev–Trinajstić information content (AvgIpc) is 3.39. The summed E-state index contributed by atoms with van der Waals surface area (Å²) in [7, 11) is 0. The van der Waals surface area contributed by atoms with Crippen molar-refractivity contribution in [2.75, 3.05) is 52.4 Å². The number of carbonyl (C=O) groups excluding carboxylic acids is 1. The summed E-state index contributed by atoms with van der Waals surface area (Å²) in [5.74, 6) is 0.0746. The molecule has 0 bridgehead atoms. The summed E-state index contributed by atoms with van der Waals surface area (Å²) < 4.78 is 1.88. The van der Waals surface area contributed by atoms with Gasteiger partial charge in [-0.2, -0.15) is 0 Å². The molecule has 0 spiro atoms. The van der Waals surface area contributed by atoms with E-state index in [2.05, 4.69) is 14.8 Å². The van der Waals surface area contributed by atoms with E-state index in [9.17, 15) is 4.79 Å². The number of para-hydroxylation sites is 1. The molecular weight excluding hydrogens is 326 g/mol. The van der Waals surface area contributed by atoms with Crippen molar-refractivity contribution in [1.29, 1.82) is 0 Å². The molecule has 0 radical (unpaired) electrons. The van der Waals surface area contributed by atoms with Crippen LogP contribution in [-0.2, 0) is 0 Å². The van der Waals surface area contributed by atoms with E-state index in [0.29, 0.717) is 5.69 Å². The van der Waals surface area contributed by atoms with Crippen molar-refractivity contribution in [1.82, 2.24) is 24.3 Å². The van der Waals surface area contributed by atoms with E-state index in [1.165, 1.54) is 25.9 Å². The molecular formula is C20H27N5O. The number of rotatable bonds is 5. The van der Waals surface area contributed by atoms with Gasteiger partial charge in [-0.25, -0.2) is 4.98 Å². The van der Waals surface area contributed by atoms with Gasteiger partial charge in [0.1, 0.15) is 5.69 Å². The van der Waals surface area contributed by atoms with E-state index >= 15 is 0 Å². The number of aromatic nitrogens is 2. The predicted octanol–water partition coefficient (Wildman–Crippen LogP) is 1.73. The molecule has 0 saturated carbocycles. The number of amides is 1. The van der Waals surface area contributed by atoms with Gasteiger partial charge in [0, 0.05) is 45.0 Å². The van der Waals surface area contributed by atoms with Gasteiger partial charge in [-0.15, -0.1) is 0 Å². The van der Waals surface area contributed by atoms with E-state index in [4.69, 9.17) is 0 Å². The van der Waals surface area contributed by atoms with Gasteiger partial charge in [-0.05, 0) is 38.1 Å². The van der Waals surface area contributed by atoms with Crippen LogP contribution in [0.25, 0.3) is 5.69 Å². The normalized spacial score (nSPS) is 19.2. The van der Waals surface area contributed by atoms with Crippen molar-refractivity contribution < 1.29 is 4.79 Å². The van der Waals surface area contributed by atoms with Crippen molar-refractivity contribution >= 4 is 5.91 Å². The molecule has 26 heavy (non-hydrogen) atoms. The molecule has 2 fully saturated rings. The van der Waals surface area contributed by atoms with Gasteiger partial charge in [0.05, 0.1) is 12.5 Å². The standard InChI is InChI=1S/C20H27N5O/c26-20(19-16-21-17-25(19)18-6-2-1-3-7-18)24-14-12-23(13-15-24)11-10-22-8-4-5-9-22/h1-3,6-7,16-17H,4-5,8-15H2. The molecule has 138 valence electrons. The van der Waals surface area contributed by atoms with Gasteiger partial charge in [0.2, 0.25) is 0 Å². The highest BCUT2D eigenvalue weighted by atomic mass is 16.2. The zero-order valence-corrected chi connectivity index (χ0v) is 15.3. The number of piperazine rings is 1. The summed E-state index contributed by atoms with van der Waals surface area (Å²) in [4.78, 5) is 24.2. The summed E-state index contributed by atoms with van der Waals surface area (Å²) in [5.41, 5.74) is 1.61. The molecule has 0 atom stereocenters. The number of likely N-dealkylation sites (tertiary alicyclic amines) is 1. The zero-order chi connectivity index (χ0) is 17.8. The van der Waals surface area contributed by atoms with Crippen LogP contribution in [0.1, 0.15) is 23.3 Å². The summed E-state index contributed by atoms with van der Waals surface area (Å²) in [6.45, 7) is 8.28. The smallest absolute Gasteiger partial charge is 0.272 e. The maximum Gasteiger partial charge on any atom is 0.272 e. The van der Waals surface area contributed by atoms with Crippen LogP contribution >= 0.6 is 0 Å². The van der Waals surface area contributed by atoms with Gasteiger partial charge >= 0.3 is 0 Å². The quantitative estimate of drug-likeness (QED) is 0.821. The van der Waals surface area contributed by atoms with Crippen LogP contribution in [0, 0.1) is 0 Å². The third kappa shape index (κ3) is 3.81. The summed E-state index contributed by atoms with van der Waals surface area (Å²) >= 11 is 0. The maximum atomic E-state index is 13.0. The third-order valence-electron chi connectivity index (χ3n) is 5.48. The summed E-state index contributed by atoms with van der Waals surface area (Å²) in [6, 6.07) is 9.91. The topological polar surface area (TPSA) is 44.6 Å². The maximum absolute atomic E-state index is 13.0. The Morgan fingerprint density at radius 3 is 2.23 bits per heavy atom. The number of benzene rings is 1. The van der Waals surface area contributed by atoms with Crippen LogP contribution in [0.5, 0.6) is 0 Å². The van der Waals surface area contributed by atoms with Crippen LogP contribution in [0.2, 0.25) is 0 Å². The Labute approximate surface area is 155 Å². The van der Waals surface area contributed by atoms with Crippen molar-refractivity contribution in [3.05, 3.63) is 48.5 Å². The number of nitrogens with zero attached hydrogens (tertiary/aromatic N) is 5. The van der Waals surface area contributed by atoms with Crippen LogP contribution < -0.4 is 0 Å². The minimum absolute atomic E-state index is 0.0746. The van der Waals surface area contributed by atoms with Crippen molar-refractivity contribution in [2.24, 2.45) is 0 Å². The Morgan fingerprint density at radius 1 is 0.885 bits per heavy atom. The number of carbonyl (C=O) groups is 1. The van der Waals surface area contributed by atoms with Gasteiger partial charge in [-0.3, -0.25) is 14.3 Å². The van der Waals surface area contributed by atoms with Crippen LogP contribution in [0.4, 0.5) is 0 Å². The minimum Gasteiger partial charge on any atom is -0.335 e. The molecule has 6 nitrogen and oxygen atoms in total. The molecule has 6 heteroatoms. The second kappa shape index (κ2) is 8.01. The highest BCUT2D eigenvalue weighted by molar-refractivity contribution is 5.93. The highest BCUT2D eigenvalue weighted by Crippen LogP contribution is 2.14. The summed E-state index contributed by atoms with van der Waals surface area (Å²) in [6.07, 6.45) is 6.08. The lowest BCUT2D eigenvalue weighted by atomic mass is 10.2. The van der Waals surface area contributed by atoms with Crippen molar-refractivity contribution in [3.8, 4) is 5.69 Å². The second-order valence-corrected chi connectivity index (χ2v) is 7.17. The monoisotopic (exact) mass is 353 g/mol. The molecule has 1 amide bonds. The van der Waals surface area contributed by atoms with Gasteiger partial charge < -0.3 is 9.80 Å². The number of hydrogen-bond donors (Lipinski definition) is 0. The fraction of sp³-hybridized carbons (Fsp3) is 0.500. The predicted molar refractivity (Wildman–Crippen MR) is 102 cm³/mol. The molecule has 2 aliphatic heterocycles. The second-order valence-electron chi connectivity index (χ2n) is 7.17. The minimum atomic E-state index is 0.0746. The van der Waals surface area contributed by atoms with E-state index in [1.54, 1.807) is 12.5 Å². The van der Waals surface area contributed by atoms with Crippen LogP contribution in [-0.4, -0.2) is 82.5 Å². The zero-order valence-electron chi connectivity index (χ0n) is 15.3. The average molecular weight is 353 g/mol. The number of imidazole rings is 1. The Bertz CT molecular complexity index is 715. The molecule has 3 heterocycles. The Kier molecular flexibility index (Phi) is 5.32. The fourth-order valence-electron chi connectivity index (χ4n) is 3.87. The Morgan fingerprint density at radius 2 is 1.54 bits per heavy atom. The van der Waals surface area contributed by atoms with Gasteiger partial charge in [0.25, 0.3) is 5.91 Å². The first-order valence-electron chi connectivity index (χ1n) is 9.63. The van der Waals surface area contributed by atoms with E-state index < -0.39 is 0 Å². The third-order valence-corrected chi connectivity index (χ3v) is 5.48.